The molecule has 1 aromatic carbocycles. The molecule has 2 amide bonds. The number of amides is 2. The van der Waals surface area contributed by atoms with E-state index in [1.54, 1.807) is 4.90 Å². The van der Waals surface area contributed by atoms with Crippen LogP contribution in [0.25, 0.3) is 0 Å². The number of hydrogen-bond acceptors (Lipinski definition) is 4. The van der Waals surface area contributed by atoms with Gasteiger partial charge in [0.05, 0.1) is 5.92 Å². The zero-order valence-electron chi connectivity index (χ0n) is 17.0. The molecule has 2 fully saturated rings. The van der Waals surface area contributed by atoms with Crippen LogP contribution in [-0.4, -0.2) is 48.6 Å². The van der Waals surface area contributed by atoms with Gasteiger partial charge in [-0.2, -0.15) is 0 Å². The van der Waals surface area contributed by atoms with Crippen LogP contribution < -0.4 is 14.4 Å². The van der Waals surface area contributed by atoms with Crippen molar-refractivity contribution in [1.29, 1.82) is 0 Å². The third-order valence-electron chi connectivity index (χ3n) is 6.41. The lowest BCUT2D eigenvalue weighted by Crippen LogP contribution is -2.47. The number of anilines is 1. The maximum absolute atomic E-state index is 13.3. The number of rotatable bonds is 6. The lowest BCUT2D eigenvalue weighted by molar-refractivity contribution is -0.139. The van der Waals surface area contributed by atoms with Gasteiger partial charge in [0.2, 0.25) is 11.8 Å². The Labute approximate surface area is 166 Å². The van der Waals surface area contributed by atoms with Crippen LogP contribution in [0, 0.1) is 11.8 Å². The lowest BCUT2D eigenvalue weighted by atomic mass is 9.97. The van der Waals surface area contributed by atoms with Crippen LogP contribution in [0.3, 0.4) is 0 Å². The van der Waals surface area contributed by atoms with Crippen molar-refractivity contribution in [2.24, 2.45) is 11.8 Å². The summed E-state index contributed by atoms with van der Waals surface area (Å²) in [6.45, 7) is 8.01. The second kappa shape index (κ2) is 7.64. The van der Waals surface area contributed by atoms with Crippen LogP contribution in [0.1, 0.15) is 46.5 Å². The maximum atomic E-state index is 13.3. The van der Waals surface area contributed by atoms with Crippen molar-refractivity contribution >= 4 is 17.5 Å². The van der Waals surface area contributed by atoms with Gasteiger partial charge in [0.25, 0.3) is 0 Å². The Morgan fingerprint density at radius 2 is 1.93 bits per heavy atom. The molecule has 1 saturated carbocycles. The summed E-state index contributed by atoms with van der Waals surface area (Å²) < 4.78 is 11.2. The fourth-order valence-electron chi connectivity index (χ4n) is 4.21. The standard InChI is InChI=1S/C22H30N2O4/c1-4-14(2)15(3)24(17-5-6-17)22(26)16-11-21(25)23(13-16)18-7-8-19-20(12-18)28-10-9-27-19/h7-8,12,14-17H,4-6,9-11,13H2,1-3H3. The van der Waals surface area contributed by atoms with Crippen molar-refractivity contribution in [3.05, 3.63) is 18.2 Å². The molecule has 0 spiro atoms. The number of fused-ring (bicyclic) bond motifs is 1. The Morgan fingerprint density at radius 1 is 1.21 bits per heavy atom. The van der Waals surface area contributed by atoms with Gasteiger partial charge < -0.3 is 19.3 Å². The number of carbonyl (C=O) groups excluding carboxylic acids is 2. The Morgan fingerprint density at radius 3 is 2.61 bits per heavy atom. The van der Waals surface area contributed by atoms with E-state index in [2.05, 4.69) is 25.7 Å². The van der Waals surface area contributed by atoms with E-state index in [-0.39, 0.29) is 30.2 Å². The van der Waals surface area contributed by atoms with Crippen molar-refractivity contribution in [2.45, 2.75) is 58.5 Å². The van der Waals surface area contributed by atoms with Crippen molar-refractivity contribution in [1.82, 2.24) is 4.90 Å². The van der Waals surface area contributed by atoms with Crippen molar-refractivity contribution in [2.75, 3.05) is 24.7 Å². The average molecular weight is 386 g/mol. The number of carbonyl (C=O) groups is 2. The van der Waals surface area contributed by atoms with Gasteiger partial charge in [0.1, 0.15) is 13.2 Å². The molecule has 3 unspecified atom stereocenters. The summed E-state index contributed by atoms with van der Waals surface area (Å²) in [5.74, 6) is 1.70. The monoisotopic (exact) mass is 386 g/mol. The van der Waals surface area contributed by atoms with Crippen LogP contribution in [-0.2, 0) is 9.59 Å². The first-order valence-corrected chi connectivity index (χ1v) is 10.5. The molecule has 28 heavy (non-hydrogen) atoms. The van der Waals surface area contributed by atoms with Gasteiger partial charge in [0.15, 0.2) is 11.5 Å². The average Bonchev–Trinajstić information content (AvgIpc) is 3.47. The Kier molecular flexibility index (Phi) is 5.21. The highest BCUT2D eigenvalue weighted by molar-refractivity contribution is 6.00. The van der Waals surface area contributed by atoms with E-state index in [1.807, 2.05) is 18.2 Å². The number of hydrogen-bond donors (Lipinski definition) is 0. The molecular weight excluding hydrogens is 356 g/mol. The maximum Gasteiger partial charge on any atom is 0.228 e. The Balaban J connectivity index is 1.50. The molecule has 4 rings (SSSR count). The van der Waals surface area contributed by atoms with E-state index in [9.17, 15) is 9.59 Å². The number of nitrogens with zero attached hydrogens (tertiary/aromatic N) is 2. The van der Waals surface area contributed by atoms with Gasteiger partial charge in [-0.25, -0.2) is 0 Å². The molecule has 1 aromatic rings. The predicted octanol–water partition coefficient (Wildman–Crippen LogP) is 3.24. The summed E-state index contributed by atoms with van der Waals surface area (Å²) in [6.07, 6.45) is 3.49. The van der Waals surface area contributed by atoms with Gasteiger partial charge in [-0.3, -0.25) is 9.59 Å². The van der Waals surface area contributed by atoms with Crippen LogP contribution in [0.4, 0.5) is 5.69 Å². The van der Waals surface area contributed by atoms with E-state index in [0.29, 0.717) is 43.2 Å². The first-order valence-electron chi connectivity index (χ1n) is 10.5. The van der Waals surface area contributed by atoms with Crippen molar-refractivity contribution in [3.8, 4) is 11.5 Å². The topological polar surface area (TPSA) is 59.1 Å². The van der Waals surface area contributed by atoms with Crippen LogP contribution in [0.2, 0.25) is 0 Å². The van der Waals surface area contributed by atoms with Gasteiger partial charge in [-0.1, -0.05) is 20.3 Å². The molecule has 152 valence electrons. The molecule has 3 aliphatic rings. The van der Waals surface area contributed by atoms with E-state index in [4.69, 9.17) is 9.47 Å². The third-order valence-corrected chi connectivity index (χ3v) is 6.41. The molecule has 3 atom stereocenters. The van der Waals surface area contributed by atoms with E-state index < -0.39 is 0 Å². The van der Waals surface area contributed by atoms with Crippen molar-refractivity contribution < 1.29 is 19.1 Å². The second-order valence-corrected chi connectivity index (χ2v) is 8.34. The van der Waals surface area contributed by atoms with Gasteiger partial charge in [-0.05, 0) is 37.8 Å². The molecule has 0 radical (unpaired) electrons. The number of benzene rings is 1. The second-order valence-electron chi connectivity index (χ2n) is 8.34. The summed E-state index contributed by atoms with van der Waals surface area (Å²) >= 11 is 0. The van der Waals surface area contributed by atoms with Gasteiger partial charge >= 0.3 is 0 Å². The molecule has 6 heteroatoms. The highest BCUT2D eigenvalue weighted by atomic mass is 16.6. The zero-order valence-corrected chi connectivity index (χ0v) is 17.0. The third kappa shape index (κ3) is 3.56. The fraction of sp³-hybridized carbons (Fsp3) is 0.636. The number of ether oxygens (including phenoxy) is 2. The summed E-state index contributed by atoms with van der Waals surface area (Å²) in [5.41, 5.74) is 0.775. The first kappa shape index (κ1) is 19.1. The van der Waals surface area contributed by atoms with E-state index in [1.165, 1.54) is 0 Å². The largest absolute Gasteiger partial charge is 0.486 e. The molecule has 0 aromatic heterocycles. The molecule has 6 nitrogen and oxygen atoms in total. The van der Waals surface area contributed by atoms with Crippen LogP contribution >= 0.6 is 0 Å². The van der Waals surface area contributed by atoms with Crippen molar-refractivity contribution in [3.63, 3.8) is 0 Å². The van der Waals surface area contributed by atoms with E-state index in [0.717, 1.165) is 24.9 Å². The van der Waals surface area contributed by atoms with Crippen LogP contribution in [0.5, 0.6) is 11.5 Å². The molecule has 2 aliphatic heterocycles. The summed E-state index contributed by atoms with van der Waals surface area (Å²) in [7, 11) is 0. The lowest BCUT2D eigenvalue weighted by Gasteiger charge is -2.35. The molecule has 2 heterocycles. The first-order chi connectivity index (χ1) is 13.5. The minimum atomic E-state index is -0.271. The summed E-state index contributed by atoms with van der Waals surface area (Å²) in [5, 5.41) is 0. The highest BCUT2D eigenvalue weighted by Gasteiger charge is 2.43. The molecule has 1 saturated heterocycles. The quantitative estimate of drug-likeness (QED) is 0.753. The van der Waals surface area contributed by atoms with Gasteiger partial charge in [0, 0.05) is 36.8 Å². The van der Waals surface area contributed by atoms with Gasteiger partial charge in [-0.15, -0.1) is 0 Å². The zero-order chi connectivity index (χ0) is 19.8. The fourth-order valence-corrected chi connectivity index (χ4v) is 4.21. The highest BCUT2D eigenvalue weighted by Crippen LogP contribution is 2.38. The molecule has 0 bridgehead atoms. The Bertz CT molecular complexity index is 761. The smallest absolute Gasteiger partial charge is 0.228 e. The SMILES string of the molecule is CCC(C)C(C)N(C(=O)C1CC(=O)N(c2ccc3c(c2)OCCO3)C1)C1CC1. The normalized spacial score (nSPS) is 23.5. The molecular formula is C22H30N2O4. The molecule has 0 N–H and O–H groups in total. The Hall–Kier alpha value is -2.24. The summed E-state index contributed by atoms with van der Waals surface area (Å²) in [6, 6.07) is 6.13. The predicted molar refractivity (Wildman–Crippen MR) is 107 cm³/mol. The minimum absolute atomic E-state index is 0.00182. The van der Waals surface area contributed by atoms with Crippen LogP contribution in [0.15, 0.2) is 18.2 Å². The molecule has 1 aliphatic carbocycles. The van der Waals surface area contributed by atoms with E-state index >= 15 is 0 Å². The summed E-state index contributed by atoms with van der Waals surface area (Å²) in [4.78, 5) is 29.9. The minimum Gasteiger partial charge on any atom is -0.486 e.